The van der Waals surface area contributed by atoms with Crippen LogP contribution in [0.15, 0.2) is 28.7 Å². The van der Waals surface area contributed by atoms with Gasteiger partial charge < -0.3 is 21.7 Å². The molecule has 0 aliphatic rings. The molecule has 0 radical (unpaired) electrons. The molecule has 0 saturated carbocycles. The number of nitrogens with zero attached hydrogens (tertiary/aromatic N) is 1. The maximum absolute atomic E-state index is 12.8. The number of nitrogens with two attached hydrogens (primary N) is 2. The molecule has 1 aromatic carbocycles. The SMILES string of the molecule is CCC[C@@H](CN(C(=O)Nc1ccc(Br)cc1)[C@@H](CCC)C(N)=O)C(N)=O. The van der Waals surface area contributed by atoms with E-state index < -0.39 is 29.8 Å². The van der Waals surface area contributed by atoms with Gasteiger partial charge in [0.25, 0.3) is 0 Å². The number of benzene rings is 1. The van der Waals surface area contributed by atoms with Crippen LogP contribution in [0, 0.1) is 5.92 Å². The fourth-order valence-corrected chi connectivity index (χ4v) is 2.98. The molecule has 0 saturated heterocycles. The third-order valence-corrected chi connectivity index (χ3v) is 4.61. The molecule has 8 heteroatoms. The third-order valence-electron chi connectivity index (χ3n) is 4.08. The quantitative estimate of drug-likeness (QED) is 0.533. The van der Waals surface area contributed by atoms with E-state index in [-0.39, 0.29) is 6.54 Å². The molecule has 0 heterocycles. The van der Waals surface area contributed by atoms with Gasteiger partial charge >= 0.3 is 6.03 Å². The summed E-state index contributed by atoms with van der Waals surface area (Å²) < 4.78 is 0.880. The summed E-state index contributed by atoms with van der Waals surface area (Å²) >= 11 is 3.33. The molecule has 4 amide bonds. The van der Waals surface area contributed by atoms with Gasteiger partial charge in [-0.2, -0.15) is 0 Å². The topological polar surface area (TPSA) is 119 Å². The van der Waals surface area contributed by atoms with Crippen LogP contribution in [-0.4, -0.2) is 35.3 Å². The van der Waals surface area contributed by atoms with Gasteiger partial charge in [-0.05, 0) is 37.1 Å². The van der Waals surface area contributed by atoms with Crippen LogP contribution < -0.4 is 16.8 Å². The number of hydrogen-bond acceptors (Lipinski definition) is 3. The first-order valence-electron chi connectivity index (χ1n) is 8.71. The normalized spacial score (nSPS) is 12.9. The van der Waals surface area contributed by atoms with Crippen molar-refractivity contribution in [2.24, 2.45) is 17.4 Å². The van der Waals surface area contributed by atoms with Crippen LogP contribution in [-0.2, 0) is 9.59 Å². The molecule has 7 nitrogen and oxygen atoms in total. The van der Waals surface area contributed by atoms with Gasteiger partial charge in [0.05, 0.1) is 5.92 Å². The summed E-state index contributed by atoms with van der Waals surface area (Å²) in [4.78, 5) is 37.8. The average Bonchev–Trinajstić information content (AvgIpc) is 2.58. The number of rotatable bonds is 10. The minimum absolute atomic E-state index is 0.0547. The molecule has 0 unspecified atom stereocenters. The number of hydrogen-bond donors (Lipinski definition) is 3. The molecule has 0 bridgehead atoms. The van der Waals surface area contributed by atoms with Crippen molar-refractivity contribution >= 4 is 39.5 Å². The lowest BCUT2D eigenvalue weighted by molar-refractivity contribution is -0.126. The second-order valence-electron chi connectivity index (χ2n) is 6.18. The van der Waals surface area contributed by atoms with Crippen molar-refractivity contribution in [2.75, 3.05) is 11.9 Å². The lowest BCUT2D eigenvalue weighted by atomic mass is 10.0. The first-order chi connectivity index (χ1) is 12.3. The summed E-state index contributed by atoms with van der Waals surface area (Å²) in [6, 6.07) is 5.77. The Bertz CT molecular complexity index is 621. The van der Waals surface area contributed by atoms with Crippen molar-refractivity contribution in [3.8, 4) is 0 Å². The molecule has 1 aromatic rings. The average molecular weight is 427 g/mol. The number of primary amides is 2. The van der Waals surface area contributed by atoms with Crippen molar-refractivity contribution in [2.45, 2.75) is 45.6 Å². The maximum Gasteiger partial charge on any atom is 0.322 e. The number of halogens is 1. The molecular formula is C18H27BrN4O3. The Hall–Kier alpha value is -2.09. The molecule has 0 fully saturated rings. The van der Waals surface area contributed by atoms with Gasteiger partial charge in [0, 0.05) is 16.7 Å². The van der Waals surface area contributed by atoms with Gasteiger partial charge in [0.1, 0.15) is 6.04 Å². The van der Waals surface area contributed by atoms with E-state index in [2.05, 4.69) is 21.2 Å². The molecule has 0 spiro atoms. The number of urea groups is 1. The Morgan fingerprint density at radius 2 is 1.62 bits per heavy atom. The maximum atomic E-state index is 12.8. The zero-order chi connectivity index (χ0) is 19.7. The number of amides is 4. The van der Waals surface area contributed by atoms with E-state index in [0.29, 0.717) is 24.9 Å². The van der Waals surface area contributed by atoms with Crippen LogP contribution in [0.4, 0.5) is 10.5 Å². The van der Waals surface area contributed by atoms with Gasteiger partial charge in [-0.25, -0.2) is 4.79 Å². The monoisotopic (exact) mass is 426 g/mol. The lowest BCUT2D eigenvalue weighted by Gasteiger charge is -2.32. The highest BCUT2D eigenvalue weighted by Crippen LogP contribution is 2.18. The largest absolute Gasteiger partial charge is 0.369 e. The number of carbonyl (C=O) groups is 3. The Labute approximate surface area is 162 Å². The summed E-state index contributed by atoms with van der Waals surface area (Å²) in [5, 5.41) is 2.76. The van der Waals surface area contributed by atoms with Gasteiger partial charge in [0.15, 0.2) is 0 Å². The van der Waals surface area contributed by atoms with Gasteiger partial charge in [0.2, 0.25) is 11.8 Å². The van der Waals surface area contributed by atoms with Gasteiger partial charge in [-0.15, -0.1) is 0 Å². The van der Waals surface area contributed by atoms with E-state index in [0.717, 1.165) is 10.9 Å². The smallest absolute Gasteiger partial charge is 0.322 e. The Morgan fingerprint density at radius 1 is 1.04 bits per heavy atom. The summed E-state index contributed by atoms with van der Waals surface area (Å²) in [6.45, 7) is 3.89. The standard InChI is InChI=1S/C18H27BrN4O3/c1-3-5-12(16(20)24)11-23(15(6-4-2)17(21)25)18(26)22-14-9-7-13(19)8-10-14/h7-10,12,15H,3-6,11H2,1-2H3,(H2,20,24)(H2,21,25)(H,22,26)/t12-,15-/m0/s1. The predicted octanol–water partition coefficient (Wildman–Crippen LogP) is 2.84. The Morgan fingerprint density at radius 3 is 2.08 bits per heavy atom. The van der Waals surface area contributed by atoms with E-state index in [9.17, 15) is 14.4 Å². The minimum Gasteiger partial charge on any atom is -0.369 e. The van der Waals surface area contributed by atoms with E-state index >= 15 is 0 Å². The van der Waals surface area contributed by atoms with Crippen molar-refractivity contribution in [3.05, 3.63) is 28.7 Å². The van der Waals surface area contributed by atoms with Crippen molar-refractivity contribution < 1.29 is 14.4 Å². The highest BCUT2D eigenvalue weighted by Gasteiger charge is 2.31. The predicted molar refractivity (Wildman–Crippen MR) is 105 cm³/mol. The molecule has 5 N–H and O–H groups in total. The Kier molecular flexibility index (Phi) is 9.12. The first kappa shape index (κ1) is 22.0. The summed E-state index contributed by atoms with van der Waals surface area (Å²) in [5.74, 6) is -1.63. The number of nitrogens with one attached hydrogen (secondary N) is 1. The molecule has 1 rings (SSSR count). The van der Waals surface area contributed by atoms with Crippen LogP contribution in [0.2, 0.25) is 0 Å². The van der Waals surface area contributed by atoms with E-state index in [1.54, 1.807) is 24.3 Å². The molecule has 0 aliphatic carbocycles. The second-order valence-corrected chi connectivity index (χ2v) is 7.10. The third kappa shape index (κ3) is 6.67. The van der Waals surface area contributed by atoms with Gasteiger partial charge in [-0.1, -0.05) is 42.6 Å². The molecular weight excluding hydrogens is 400 g/mol. The fraction of sp³-hybridized carbons (Fsp3) is 0.500. The van der Waals surface area contributed by atoms with Crippen molar-refractivity contribution in [1.82, 2.24) is 4.90 Å². The molecule has 0 aliphatic heterocycles. The molecule has 0 aromatic heterocycles. The summed E-state index contributed by atoms with van der Waals surface area (Å²) in [5.41, 5.74) is 11.6. The van der Waals surface area contributed by atoms with Crippen LogP contribution in [0.25, 0.3) is 0 Å². The van der Waals surface area contributed by atoms with E-state index in [4.69, 9.17) is 11.5 Å². The number of carbonyl (C=O) groups excluding carboxylic acids is 3. The highest BCUT2D eigenvalue weighted by atomic mass is 79.9. The molecule has 2 atom stereocenters. The van der Waals surface area contributed by atoms with Crippen LogP contribution >= 0.6 is 15.9 Å². The van der Waals surface area contributed by atoms with Crippen LogP contribution in [0.5, 0.6) is 0 Å². The fourth-order valence-electron chi connectivity index (χ4n) is 2.71. The minimum atomic E-state index is -0.797. The Balaban J connectivity index is 3.07. The van der Waals surface area contributed by atoms with Crippen molar-refractivity contribution in [1.29, 1.82) is 0 Å². The van der Waals surface area contributed by atoms with Crippen LogP contribution in [0.1, 0.15) is 39.5 Å². The lowest BCUT2D eigenvalue weighted by Crippen LogP contribution is -2.52. The van der Waals surface area contributed by atoms with Crippen LogP contribution in [0.3, 0.4) is 0 Å². The number of anilines is 1. The summed E-state index contributed by atoms with van der Waals surface area (Å²) in [7, 11) is 0. The zero-order valence-electron chi connectivity index (χ0n) is 15.2. The molecule has 26 heavy (non-hydrogen) atoms. The molecule has 144 valence electrons. The van der Waals surface area contributed by atoms with Crippen molar-refractivity contribution in [3.63, 3.8) is 0 Å². The first-order valence-corrected chi connectivity index (χ1v) is 9.51. The van der Waals surface area contributed by atoms with E-state index in [1.165, 1.54) is 4.90 Å². The highest BCUT2D eigenvalue weighted by molar-refractivity contribution is 9.10. The zero-order valence-corrected chi connectivity index (χ0v) is 16.8. The van der Waals surface area contributed by atoms with E-state index in [1.807, 2.05) is 13.8 Å². The summed E-state index contributed by atoms with van der Waals surface area (Å²) in [6.07, 6.45) is 2.37. The second kappa shape index (κ2) is 10.8. The van der Waals surface area contributed by atoms with Gasteiger partial charge in [-0.3, -0.25) is 9.59 Å².